The Bertz CT molecular complexity index is 1610. The van der Waals surface area contributed by atoms with Gasteiger partial charge in [-0.25, -0.2) is 0 Å². The molecule has 0 heterocycles. The smallest absolute Gasteiger partial charge is 0.451 e. The fourth-order valence-electron chi connectivity index (χ4n) is 4.10. The fraction of sp³-hybridized carbons (Fsp3) is 0.0769. The van der Waals surface area contributed by atoms with Gasteiger partial charge >= 0.3 is 21.0 Å². The Morgan fingerprint density at radius 3 is 1.58 bits per heavy atom. The van der Waals surface area contributed by atoms with Gasteiger partial charge in [0, 0.05) is 5.56 Å². The van der Waals surface area contributed by atoms with Crippen LogP contribution in [0, 0.1) is 0 Å². The third-order valence-electron chi connectivity index (χ3n) is 5.62. The van der Waals surface area contributed by atoms with Gasteiger partial charge in [-0.2, -0.15) is 16.8 Å². The Morgan fingerprint density at radius 2 is 1.05 bits per heavy atom. The van der Waals surface area contributed by atoms with E-state index in [0.29, 0.717) is 5.56 Å². The van der Waals surface area contributed by atoms with E-state index >= 15 is 0 Å². The van der Waals surface area contributed by atoms with Gasteiger partial charge in [-0.15, -0.1) is 0 Å². The molecule has 0 fully saturated rings. The van der Waals surface area contributed by atoms with Gasteiger partial charge in [0.1, 0.15) is 23.0 Å². The molecule has 12 heteroatoms. The van der Waals surface area contributed by atoms with Crippen molar-refractivity contribution < 1.29 is 42.4 Å². The van der Waals surface area contributed by atoms with Crippen LogP contribution >= 0.6 is 0 Å². The highest BCUT2D eigenvalue weighted by Gasteiger charge is 2.23. The van der Waals surface area contributed by atoms with Crippen LogP contribution < -0.4 is 17.8 Å². The lowest BCUT2D eigenvalue weighted by Crippen LogP contribution is -2.15. The second kappa shape index (κ2) is 9.95. The lowest BCUT2D eigenvalue weighted by Gasteiger charge is -2.22. The fourth-order valence-corrected chi connectivity index (χ4v) is 4.78. The molecule has 4 aromatic carbocycles. The molecule has 1 aliphatic carbocycles. The molecule has 0 amide bonds. The van der Waals surface area contributed by atoms with E-state index in [0.717, 1.165) is 23.1 Å². The molecule has 0 spiro atoms. The monoisotopic (exact) mass is 560 g/mol. The molecule has 8 nitrogen and oxygen atoms in total. The Balaban J connectivity index is 1.43. The Hall–Kier alpha value is -4.16. The van der Waals surface area contributed by atoms with Crippen LogP contribution in [0.2, 0.25) is 0 Å². The van der Waals surface area contributed by atoms with Crippen molar-refractivity contribution in [2.45, 2.75) is 12.7 Å². The highest BCUT2D eigenvalue weighted by molar-refractivity contribution is 7.82. The highest BCUT2D eigenvalue weighted by Crippen LogP contribution is 2.38. The maximum atomic E-state index is 12.8. The molecule has 1 aliphatic rings. The van der Waals surface area contributed by atoms with E-state index in [1.165, 1.54) is 54.1 Å². The van der Waals surface area contributed by atoms with Crippen LogP contribution in [0.5, 0.6) is 23.0 Å². The van der Waals surface area contributed by atoms with Crippen LogP contribution in [0.3, 0.4) is 0 Å². The second-order valence-corrected chi connectivity index (χ2v) is 10.1. The van der Waals surface area contributed by atoms with Crippen molar-refractivity contribution in [3.63, 3.8) is 0 Å². The Morgan fingerprint density at radius 1 is 0.579 bits per heavy atom. The summed E-state index contributed by atoms with van der Waals surface area (Å²) in [6.07, 6.45) is -0.295. The van der Waals surface area contributed by atoms with Gasteiger partial charge in [0.25, 0.3) is 6.29 Å². The molecule has 0 saturated heterocycles. The predicted octanol–water partition coefficient (Wildman–Crippen LogP) is 5.60. The van der Waals surface area contributed by atoms with Crippen molar-refractivity contribution in [2.75, 3.05) is 0 Å². The first-order valence-corrected chi connectivity index (χ1v) is 13.7. The summed E-state index contributed by atoms with van der Waals surface area (Å²) < 4.78 is 89.0. The van der Waals surface area contributed by atoms with Crippen LogP contribution in [-0.4, -0.2) is 16.8 Å². The zero-order valence-electron chi connectivity index (χ0n) is 19.3. The van der Waals surface area contributed by atoms with Crippen LogP contribution in [0.4, 0.5) is 7.77 Å². The SMILES string of the molecule is O=S(=O)(F)Oc1ccc(OC(Oc2ccc(OS(=O)(=O)F)cc2)c2ccc3c(c2)Cc2ccccc2-3)cc1. The van der Waals surface area contributed by atoms with E-state index in [2.05, 4.69) is 14.4 Å². The molecule has 0 atom stereocenters. The molecule has 0 aliphatic heterocycles. The molecule has 0 unspecified atom stereocenters. The lowest BCUT2D eigenvalue weighted by molar-refractivity contribution is 0.00372. The minimum Gasteiger partial charge on any atom is -0.451 e. The first-order valence-electron chi connectivity index (χ1n) is 11.1. The number of halogens is 2. The van der Waals surface area contributed by atoms with Gasteiger partial charge in [0.15, 0.2) is 0 Å². The molecule has 0 N–H and O–H groups in total. The van der Waals surface area contributed by atoms with E-state index in [1.54, 1.807) is 0 Å². The van der Waals surface area contributed by atoms with Crippen molar-refractivity contribution in [2.24, 2.45) is 0 Å². The molecule has 5 rings (SSSR count). The molecular formula is C26H18F2O8S2. The summed E-state index contributed by atoms with van der Waals surface area (Å²) in [5, 5.41) is 0. The average Bonchev–Trinajstić information content (AvgIpc) is 3.22. The molecule has 0 saturated carbocycles. The highest BCUT2D eigenvalue weighted by atomic mass is 32.3. The van der Waals surface area contributed by atoms with Crippen molar-refractivity contribution in [1.82, 2.24) is 0 Å². The quantitative estimate of drug-likeness (QED) is 0.169. The van der Waals surface area contributed by atoms with Crippen LogP contribution in [-0.2, 0) is 27.4 Å². The summed E-state index contributed by atoms with van der Waals surface area (Å²) >= 11 is 0. The predicted molar refractivity (Wildman–Crippen MR) is 133 cm³/mol. The summed E-state index contributed by atoms with van der Waals surface area (Å²) in [6, 6.07) is 24.2. The van der Waals surface area contributed by atoms with Crippen molar-refractivity contribution >= 4 is 21.0 Å². The van der Waals surface area contributed by atoms with Crippen molar-refractivity contribution in [3.8, 4) is 34.1 Å². The van der Waals surface area contributed by atoms with Crippen LogP contribution in [0.15, 0.2) is 91.0 Å². The van der Waals surface area contributed by atoms with Crippen LogP contribution in [0.25, 0.3) is 11.1 Å². The van der Waals surface area contributed by atoms with Gasteiger partial charge in [0.05, 0.1) is 0 Å². The number of hydrogen-bond acceptors (Lipinski definition) is 8. The largest absolute Gasteiger partial charge is 0.488 e. The number of fused-ring (bicyclic) bond motifs is 3. The topological polar surface area (TPSA) is 105 Å². The van der Waals surface area contributed by atoms with E-state index in [4.69, 9.17) is 9.47 Å². The Labute approximate surface area is 217 Å². The minimum atomic E-state index is -5.18. The molecule has 0 aromatic heterocycles. The summed E-state index contributed by atoms with van der Waals surface area (Å²) in [5.41, 5.74) is 5.13. The first kappa shape index (κ1) is 25.5. The lowest BCUT2D eigenvalue weighted by atomic mass is 10.0. The maximum absolute atomic E-state index is 12.8. The van der Waals surface area contributed by atoms with Gasteiger partial charge in [-0.3, -0.25) is 0 Å². The number of ether oxygens (including phenoxy) is 2. The van der Waals surface area contributed by atoms with E-state index in [1.807, 2.05) is 36.4 Å². The van der Waals surface area contributed by atoms with E-state index < -0.39 is 27.3 Å². The molecule has 4 aromatic rings. The van der Waals surface area contributed by atoms with Gasteiger partial charge in [0.2, 0.25) is 0 Å². The van der Waals surface area contributed by atoms with Gasteiger partial charge in [-0.1, -0.05) is 44.2 Å². The van der Waals surface area contributed by atoms with Crippen molar-refractivity contribution in [1.29, 1.82) is 0 Å². The second-order valence-electron chi connectivity index (χ2n) is 8.21. The molecule has 196 valence electrons. The third-order valence-corrected chi connectivity index (χ3v) is 6.40. The Kier molecular flexibility index (Phi) is 6.67. The average molecular weight is 561 g/mol. The van der Waals surface area contributed by atoms with Crippen LogP contribution in [0.1, 0.15) is 23.0 Å². The first-order chi connectivity index (χ1) is 18.0. The molecule has 0 radical (unpaired) electrons. The third kappa shape index (κ3) is 6.21. The number of rotatable bonds is 9. The van der Waals surface area contributed by atoms with Crippen molar-refractivity contribution in [3.05, 3.63) is 108 Å². The maximum Gasteiger partial charge on any atom is 0.488 e. The van der Waals surface area contributed by atoms with Gasteiger partial charge in [-0.05, 0) is 83.3 Å². The molecule has 0 bridgehead atoms. The summed E-state index contributed by atoms with van der Waals surface area (Å²) in [5.74, 6) is 0.0220. The summed E-state index contributed by atoms with van der Waals surface area (Å²) in [6.45, 7) is 0. The molecule has 38 heavy (non-hydrogen) atoms. The zero-order chi connectivity index (χ0) is 26.9. The zero-order valence-corrected chi connectivity index (χ0v) is 20.9. The minimum absolute atomic E-state index is 0.244. The molecular weight excluding hydrogens is 542 g/mol. The van der Waals surface area contributed by atoms with Gasteiger partial charge < -0.3 is 17.8 Å². The number of hydrogen-bond donors (Lipinski definition) is 0. The standard InChI is InChI=1S/C26H18F2O8S2/c27-37(29,30)35-22-10-6-20(7-11-22)33-26(34-21-8-12-23(13-9-21)36-38(28,31)32)18-5-14-25-19(16-18)15-17-3-1-2-4-24(17)25/h1-14,16,26H,15H2. The number of benzene rings is 4. The van der Waals surface area contributed by atoms with E-state index in [-0.39, 0.29) is 23.0 Å². The van der Waals surface area contributed by atoms with E-state index in [9.17, 15) is 24.6 Å². The summed E-state index contributed by atoms with van der Waals surface area (Å²) in [4.78, 5) is 0. The summed E-state index contributed by atoms with van der Waals surface area (Å²) in [7, 11) is -10.4. The normalized spacial score (nSPS) is 12.5.